The first kappa shape index (κ1) is 14.0. The molecular weight excluding hydrogens is 228 g/mol. The van der Waals surface area contributed by atoms with E-state index in [-0.39, 0.29) is 0 Å². The van der Waals surface area contributed by atoms with Crippen LogP contribution in [0.5, 0.6) is 0 Å². The monoisotopic (exact) mass is 246 g/mol. The standard InChI is InChI=1S/C14H18N2O2/c1-14(2,3)18-13(17)16-10-12-8-6-5-7-11(12)9-15-4/h5-8H,9-10H2,1-3H3,(H,16,17). The summed E-state index contributed by atoms with van der Waals surface area (Å²) < 4.78 is 5.15. The van der Waals surface area contributed by atoms with Crippen molar-refractivity contribution in [2.45, 2.75) is 39.5 Å². The van der Waals surface area contributed by atoms with Crippen molar-refractivity contribution < 1.29 is 9.53 Å². The van der Waals surface area contributed by atoms with E-state index < -0.39 is 11.7 Å². The number of alkyl carbamates (subject to hydrolysis) is 1. The molecule has 0 aliphatic carbocycles. The van der Waals surface area contributed by atoms with Crippen molar-refractivity contribution in [3.8, 4) is 0 Å². The first-order valence-corrected chi connectivity index (χ1v) is 5.79. The van der Waals surface area contributed by atoms with Crippen LogP contribution in [0.4, 0.5) is 4.79 Å². The molecule has 0 aromatic heterocycles. The van der Waals surface area contributed by atoms with E-state index in [0.717, 1.165) is 11.1 Å². The number of hydrogen-bond acceptors (Lipinski definition) is 2. The lowest BCUT2D eigenvalue weighted by atomic mass is 10.1. The summed E-state index contributed by atoms with van der Waals surface area (Å²) in [5, 5.41) is 2.69. The Labute approximate surface area is 108 Å². The zero-order valence-electron chi connectivity index (χ0n) is 11.0. The molecule has 96 valence electrons. The van der Waals surface area contributed by atoms with Gasteiger partial charge in [0.05, 0.1) is 0 Å². The van der Waals surface area contributed by atoms with E-state index in [4.69, 9.17) is 11.3 Å². The third kappa shape index (κ3) is 4.88. The number of benzene rings is 1. The number of ether oxygens (including phenoxy) is 1. The molecule has 0 bridgehead atoms. The van der Waals surface area contributed by atoms with Gasteiger partial charge in [-0.05, 0) is 26.3 Å². The van der Waals surface area contributed by atoms with Crippen LogP contribution in [0.1, 0.15) is 31.9 Å². The van der Waals surface area contributed by atoms with E-state index in [2.05, 4.69) is 10.2 Å². The van der Waals surface area contributed by atoms with Crippen LogP contribution < -0.4 is 5.32 Å². The number of nitrogens with one attached hydrogen (secondary N) is 1. The lowest BCUT2D eigenvalue weighted by Crippen LogP contribution is -2.32. The Balaban J connectivity index is 2.59. The van der Waals surface area contributed by atoms with E-state index in [0.29, 0.717) is 13.1 Å². The largest absolute Gasteiger partial charge is 0.444 e. The summed E-state index contributed by atoms with van der Waals surface area (Å²) in [5.41, 5.74) is 1.38. The van der Waals surface area contributed by atoms with Crippen molar-refractivity contribution in [2.24, 2.45) is 0 Å². The van der Waals surface area contributed by atoms with E-state index >= 15 is 0 Å². The minimum Gasteiger partial charge on any atom is -0.444 e. The molecule has 0 saturated heterocycles. The second-order valence-corrected chi connectivity index (χ2v) is 4.94. The van der Waals surface area contributed by atoms with Crippen molar-refractivity contribution in [1.29, 1.82) is 0 Å². The minimum absolute atomic E-state index is 0.326. The molecule has 0 saturated carbocycles. The van der Waals surface area contributed by atoms with Gasteiger partial charge in [0.25, 0.3) is 0 Å². The van der Waals surface area contributed by atoms with E-state index in [1.165, 1.54) is 0 Å². The Hall–Kier alpha value is -2.02. The third-order valence-electron chi connectivity index (χ3n) is 2.19. The lowest BCUT2D eigenvalue weighted by molar-refractivity contribution is 0.0523. The van der Waals surface area contributed by atoms with Gasteiger partial charge in [0.1, 0.15) is 5.60 Å². The molecule has 0 atom stereocenters. The molecule has 1 rings (SSSR count). The van der Waals surface area contributed by atoms with Crippen LogP contribution in [0, 0.1) is 6.57 Å². The zero-order chi connectivity index (χ0) is 13.6. The van der Waals surface area contributed by atoms with Crippen molar-refractivity contribution in [1.82, 2.24) is 5.32 Å². The summed E-state index contributed by atoms with van der Waals surface area (Å²) in [6.07, 6.45) is -0.444. The molecule has 0 fully saturated rings. The molecule has 18 heavy (non-hydrogen) atoms. The van der Waals surface area contributed by atoms with Crippen LogP contribution in [0.25, 0.3) is 4.85 Å². The molecule has 0 heterocycles. The maximum Gasteiger partial charge on any atom is 0.407 e. The number of carbonyl (C=O) groups excluding carboxylic acids is 1. The molecule has 1 amide bonds. The average Bonchev–Trinajstić information content (AvgIpc) is 2.26. The fraction of sp³-hybridized carbons (Fsp3) is 0.429. The Morgan fingerprint density at radius 1 is 1.33 bits per heavy atom. The Morgan fingerprint density at radius 3 is 2.50 bits per heavy atom. The molecule has 0 unspecified atom stereocenters. The molecule has 4 heteroatoms. The van der Waals surface area contributed by atoms with Crippen LogP contribution in [0.2, 0.25) is 0 Å². The topological polar surface area (TPSA) is 42.7 Å². The van der Waals surface area contributed by atoms with E-state index in [1.807, 2.05) is 45.0 Å². The van der Waals surface area contributed by atoms with Gasteiger partial charge in [0.15, 0.2) is 0 Å². The van der Waals surface area contributed by atoms with Crippen molar-refractivity contribution in [3.63, 3.8) is 0 Å². The summed E-state index contributed by atoms with van der Waals surface area (Å²) in [7, 11) is 0. The Morgan fingerprint density at radius 2 is 1.94 bits per heavy atom. The van der Waals surface area contributed by atoms with Gasteiger partial charge in [-0.15, -0.1) is 0 Å². The van der Waals surface area contributed by atoms with Gasteiger partial charge in [-0.25, -0.2) is 11.4 Å². The molecule has 0 radical (unpaired) electrons. The Bertz CT molecular complexity index is 456. The first-order valence-electron chi connectivity index (χ1n) is 5.79. The normalized spacial score (nSPS) is 10.6. The predicted octanol–water partition coefficient (Wildman–Crippen LogP) is 3.13. The van der Waals surface area contributed by atoms with Gasteiger partial charge in [0.2, 0.25) is 6.54 Å². The minimum atomic E-state index is -0.500. The summed E-state index contributed by atoms with van der Waals surface area (Å²) >= 11 is 0. The highest BCUT2D eigenvalue weighted by molar-refractivity contribution is 5.67. The van der Waals surface area contributed by atoms with Crippen molar-refractivity contribution in [3.05, 3.63) is 46.8 Å². The number of rotatable bonds is 3. The third-order valence-corrected chi connectivity index (χ3v) is 2.19. The van der Waals surface area contributed by atoms with Gasteiger partial charge in [-0.2, -0.15) is 0 Å². The molecule has 1 aromatic rings. The molecular formula is C14H18N2O2. The smallest absolute Gasteiger partial charge is 0.407 e. The van der Waals surface area contributed by atoms with Gasteiger partial charge >= 0.3 is 6.09 Å². The molecule has 0 aliphatic heterocycles. The highest BCUT2D eigenvalue weighted by atomic mass is 16.6. The second-order valence-electron chi connectivity index (χ2n) is 4.94. The zero-order valence-corrected chi connectivity index (χ0v) is 11.0. The second kappa shape index (κ2) is 6.06. The lowest BCUT2D eigenvalue weighted by Gasteiger charge is -2.19. The molecule has 0 aliphatic rings. The summed E-state index contributed by atoms with van der Waals surface area (Å²) in [4.78, 5) is 14.9. The van der Waals surface area contributed by atoms with Crippen LogP contribution in [0.3, 0.4) is 0 Å². The van der Waals surface area contributed by atoms with Crippen LogP contribution in [0.15, 0.2) is 24.3 Å². The number of amides is 1. The fourth-order valence-electron chi connectivity index (χ4n) is 1.45. The van der Waals surface area contributed by atoms with Crippen molar-refractivity contribution >= 4 is 6.09 Å². The molecule has 0 spiro atoms. The van der Waals surface area contributed by atoms with Gasteiger partial charge in [-0.1, -0.05) is 24.3 Å². The van der Waals surface area contributed by atoms with Crippen LogP contribution in [-0.2, 0) is 17.8 Å². The van der Waals surface area contributed by atoms with Crippen LogP contribution in [-0.4, -0.2) is 11.7 Å². The number of nitrogens with zero attached hydrogens (tertiary/aromatic N) is 1. The first-order chi connectivity index (χ1) is 8.42. The fourth-order valence-corrected chi connectivity index (χ4v) is 1.45. The molecule has 4 nitrogen and oxygen atoms in total. The summed E-state index contributed by atoms with van der Waals surface area (Å²) in [6, 6.07) is 7.57. The quantitative estimate of drug-likeness (QED) is 0.833. The highest BCUT2D eigenvalue weighted by Gasteiger charge is 2.16. The predicted molar refractivity (Wildman–Crippen MR) is 69.8 cm³/mol. The van der Waals surface area contributed by atoms with Gasteiger partial charge < -0.3 is 14.9 Å². The van der Waals surface area contributed by atoms with Gasteiger partial charge in [-0.3, -0.25) is 0 Å². The maximum absolute atomic E-state index is 11.5. The highest BCUT2D eigenvalue weighted by Crippen LogP contribution is 2.11. The van der Waals surface area contributed by atoms with Crippen molar-refractivity contribution in [2.75, 3.05) is 0 Å². The maximum atomic E-state index is 11.5. The number of carbonyl (C=O) groups is 1. The van der Waals surface area contributed by atoms with E-state index in [9.17, 15) is 4.79 Å². The van der Waals surface area contributed by atoms with Crippen LogP contribution >= 0.6 is 0 Å². The SMILES string of the molecule is [C-]#[N+]Cc1ccccc1CNC(=O)OC(C)(C)C. The average molecular weight is 246 g/mol. The number of hydrogen-bond donors (Lipinski definition) is 1. The van der Waals surface area contributed by atoms with E-state index in [1.54, 1.807) is 0 Å². The Kier molecular flexibility index (Phi) is 4.73. The van der Waals surface area contributed by atoms with Gasteiger partial charge in [0, 0.05) is 12.1 Å². The summed E-state index contributed by atoms with van der Waals surface area (Å²) in [5.74, 6) is 0. The summed E-state index contributed by atoms with van der Waals surface area (Å²) in [6.45, 7) is 13.0. The molecule has 1 N–H and O–H groups in total. The molecule has 1 aromatic carbocycles.